The van der Waals surface area contributed by atoms with Crippen molar-refractivity contribution < 1.29 is 4.39 Å². The van der Waals surface area contributed by atoms with Gasteiger partial charge in [0.2, 0.25) is 0 Å². The van der Waals surface area contributed by atoms with Gasteiger partial charge in [-0.2, -0.15) is 0 Å². The van der Waals surface area contributed by atoms with Gasteiger partial charge in [-0.05, 0) is 0 Å². The fraction of sp³-hybridized carbons (Fsp3) is 0. The molecule has 0 bridgehead atoms. The van der Waals surface area contributed by atoms with Gasteiger partial charge in [0.15, 0.2) is 11.0 Å². The Kier molecular flexibility index (Phi) is 1.38. The second-order valence-corrected chi connectivity index (χ2v) is 1.57. The Morgan fingerprint density at radius 2 is 2.50 bits per heavy atom. The minimum atomic E-state index is -0.533. The maximum absolute atomic E-state index is 12.1. The van der Waals surface area contributed by atoms with E-state index in [0.29, 0.717) is 0 Å². The lowest BCUT2D eigenvalue weighted by molar-refractivity contribution is 0.651. The minimum absolute atomic E-state index is 0.108. The van der Waals surface area contributed by atoms with Crippen molar-refractivity contribution in [3.8, 4) is 0 Å². The predicted molar refractivity (Wildman–Crippen MR) is 28.8 cm³/mol. The molecule has 0 saturated heterocycles. The van der Waals surface area contributed by atoms with Crippen molar-refractivity contribution in [2.75, 3.05) is 0 Å². The molecule has 0 spiro atoms. The number of rotatable bonds is 0. The number of hydrogen-bond acceptors (Lipinski definition) is 0. The van der Waals surface area contributed by atoms with Crippen LogP contribution in [-0.2, 0) is 0 Å². The topological polar surface area (TPSA) is 14.1 Å². The summed E-state index contributed by atoms with van der Waals surface area (Å²) in [4.78, 5) is 0. The molecule has 3 heteroatoms. The highest BCUT2D eigenvalue weighted by Crippen LogP contribution is 2.11. The molecule has 0 aromatic carbocycles. The zero-order valence-corrected chi connectivity index (χ0v) is 4.61. The van der Waals surface area contributed by atoms with E-state index in [-0.39, 0.29) is 5.16 Å². The summed E-state index contributed by atoms with van der Waals surface area (Å²) in [6, 6.07) is 0. The summed E-state index contributed by atoms with van der Waals surface area (Å²) in [6.45, 7) is 0. The van der Waals surface area contributed by atoms with Crippen molar-refractivity contribution in [1.82, 2.24) is 5.32 Å². The quantitative estimate of drug-likeness (QED) is 0.350. The van der Waals surface area contributed by atoms with Gasteiger partial charge < -0.3 is 0 Å². The minimum Gasteiger partial charge on any atom is -0.233 e. The van der Waals surface area contributed by atoms with E-state index in [1.807, 2.05) is 0 Å². The Balaban J connectivity index is 2.93. The van der Waals surface area contributed by atoms with Crippen LogP contribution in [-0.4, -0.2) is 0 Å². The zero-order chi connectivity index (χ0) is 5.98. The van der Waals surface area contributed by atoms with Crippen LogP contribution in [0.3, 0.4) is 0 Å². The number of nitrogens with zero attached hydrogens (tertiary/aromatic N) is 1. The van der Waals surface area contributed by atoms with Gasteiger partial charge >= 0.3 is 0 Å². The third-order valence-electron chi connectivity index (χ3n) is 0.660. The van der Waals surface area contributed by atoms with Gasteiger partial charge in [0.25, 0.3) is 0 Å². The summed E-state index contributed by atoms with van der Waals surface area (Å²) in [6.07, 6.45) is 2.45. The molecule has 8 heavy (non-hydrogen) atoms. The standard InChI is InChI=1S/C5H2ClFN/c6-5-4(7)2-1-3-8-5/h2-3H. The van der Waals surface area contributed by atoms with Crippen LogP contribution in [0, 0.1) is 0 Å². The second kappa shape index (κ2) is 2.03. The molecule has 0 aromatic heterocycles. The fourth-order valence-corrected chi connectivity index (χ4v) is 0.429. The molecule has 0 fully saturated rings. The number of hydrogen-bond donors (Lipinski definition) is 0. The van der Waals surface area contributed by atoms with Gasteiger partial charge in [-0.1, -0.05) is 17.3 Å². The van der Waals surface area contributed by atoms with Crippen molar-refractivity contribution in [2.24, 2.45) is 0 Å². The first-order chi connectivity index (χ1) is 3.80. The number of halogens is 2. The smallest absolute Gasteiger partial charge is 0.168 e. The van der Waals surface area contributed by atoms with E-state index >= 15 is 0 Å². The molecule has 0 aromatic rings. The van der Waals surface area contributed by atoms with E-state index < -0.39 is 5.83 Å². The van der Waals surface area contributed by atoms with E-state index in [1.165, 1.54) is 6.20 Å². The van der Waals surface area contributed by atoms with Crippen LogP contribution >= 0.6 is 11.6 Å². The van der Waals surface area contributed by atoms with Crippen molar-refractivity contribution in [2.45, 2.75) is 0 Å². The molecule has 1 nitrogen and oxygen atoms in total. The average Bonchev–Trinajstić information content (AvgIpc) is 1.77. The highest BCUT2D eigenvalue weighted by molar-refractivity contribution is 6.29. The molecular formula is C5H2ClFN. The van der Waals surface area contributed by atoms with Gasteiger partial charge in [-0.3, -0.25) is 0 Å². The predicted octanol–water partition coefficient (Wildman–Crippen LogP) is 1.65. The number of allylic oxidation sites excluding steroid dienone is 2. The Labute approximate surface area is 51.1 Å². The molecule has 0 N–H and O–H groups in total. The summed E-state index contributed by atoms with van der Waals surface area (Å²) >= 11 is 5.20. The molecule has 1 aliphatic heterocycles. The van der Waals surface area contributed by atoms with Gasteiger partial charge in [-0.25, -0.2) is 9.71 Å². The van der Waals surface area contributed by atoms with Crippen LogP contribution in [0.15, 0.2) is 29.0 Å². The van der Waals surface area contributed by atoms with Crippen LogP contribution in [0.2, 0.25) is 0 Å². The molecule has 1 rings (SSSR count). The van der Waals surface area contributed by atoms with Crippen LogP contribution in [0.25, 0.3) is 0 Å². The summed E-state index contributed by atoms with van der Waals surface area (Å²) in [5, 5.41) is 3.31. The van der Waals surface area contributed by atoms with E-state index in [2.05, 4.69) is 11.0 Å². The van der Waals surface area contributed by atoms with E-state index in [9.17, 15) is 4.39 Å². The third kappa shape index (κ3) is 0.915. The lowest BCUT2D eigenvalue weighted by atomic mass is 10.5. The van der Waals surface area contributed by atoms with Gasteiger partial charge in [0, 0.05) is 6.08 Å². The van der Waals surface area contributed by atoms with Crippen molar-refractivity contribution in [1.29, 1.82) is 0 Å². The zero-order valence-electron chi connectivity index (χ0n) is 3.86. The van der Waals surface area contributed by atoms with Crippen LogP contribution in [0.1, 0.15) is 0 Å². The molecule has 0 amide bonds. The monoisotopic (exact) mass is 130 g/mol. The van der Waals surface area contributed by atoms with E-state index in [4.69, 9.17) is 11.6 Å². The van der Waals surface area contributed by atoms with E-state index in [0.717, 1.165) is 6.08 Å². The van der Waals surface area contributed by atoms with Crippen LogP contribution < -0.4 is 5.32 Å². The average molecular weight is 131 g/mol. The molecule has 0 unspecified atom stereocenters. The summed E-state index contributed by atoms with van der Waals surface area (Å²) in [5.41, 5.74) is 2.43. The Morgan fingerprint density at radius 3 is 2.88 bits per heavy atom. The molecule has 0 aliphatic carbocycles. The van der Waals surface area contributed by atoms with Crippen LogP contribution in [0.5, 0.6) is 0 Å². The second-order valence-electron chi connectivity index (χ2n) is 1.21. The van der Waals surface area contributed by atoms with Crippen molar-refractivity contribution in [3.63, 3.8) is 0 Å². The van der Waals surface area contributed by atoms with Crippen molar-refractivity contribution in [3.05, 3.63) is 29.0 Å². The molecule has 41 valence electrons. The van der Waals surface area contributed by atoms with Crippen molar-refractivity contribution >= 4 is 11.6 Å². The Morgan fingerprint density at radius 1 is 1.75 bits per heavy atom. The van der Waals surface area contributed by atoms with E-state index in [1.54, 1.807) is 0 Å². The molecule has 0 atom stereocenters. The van der Waals surface area contributed by atoms with Gasteiger partial charge in [-0.15, -0.1) is 0 Å². The maximum Gasteiger partial charge on any atom is 0.168 e. The lowest BCUT2D eigenvalue weighted by Crippen LogP contribution is -1.92. The lowest BCUT2D eigenvalue weighted by Gasteiger charge is -1.94. The molecule has 1 heterocycles. The Hall–Kier alpha value is -0.720. The first-order valence-corrected chi connectivity index (χ1v) is 2.35. The SMILES string of the molecule is FC1=C(Cl)[N]C=C=C1. The Bertz CT molecular complexity index is 189. The molecular weight excluding hydrogens is 129 g/mol. The normalized spacial score (nSPS) is 16.8. The summed E-state index contributed by atoms with van der Waals surface area (Å²) in [5.74, 6) is -0.533. The highest BCUT2D eigenvalue weighted by atomic mass is 35.5. The third-order valence-corrected chi connectivity index (χ3v) is 0.938. The first kappa shape index (κ1) is 5.42. The van der Waals surface area contributed by atoms with Gasteiger partial charge in [0.1, 0.15) is 0 Å². The maximum atomic E-state index is 12.1. The summed E-state index contributed by atoms with van der Waals surface area (Å²) < 4.78 is 12.1. The fourth-order valence-electron chi connectivity index (χ4n) is 0.326. The summed E-state index contributed by atoms with van der Waals surface area (Å²) in [7, 11) is 0. The first-order valence-electron chi connectivity index (χ1n) is 1.98. The van der Waals surface area contributed by atoms with Crippen LogP contribution in [0.4, 0.5) is 4.39 Å². The largest absolute Gasteiger partial charge is 0.233 e. The molecule has 1 aliphatic rings. The highest BCUT2D eigenvalue weighted by Gasteiger charge is 2.00. The van der Waals surface area contributed by atoms with Gasteiger partial charge in [0.05, 0.1) is 6.20 Å². The molecule has 1 radical (unpaired) electrons. The molecule has 0 saturated carbocycles.